The van der Waals surface area contributed by atoms with Crippen molar-refractivity contribution in [3.8, 4) is 6.07 Å². The van der Waals surface area contributed by atoms with Crippen LogP contribution in [0.2, 0.25) is 0 Å². The summed E-state index contributed by atoms with van der Waals surface area (Å²) in [5.41, 5.74) is 8.62. The lowest BCUT2D eigenvalue weighted by Crippen LogP contribution is -1.99. The second kappa shape index (κ2) is 4.41. The van der Waals surface area contributed by atoms with Gasteiger partial charge in [-0.05, 0) is 24.3 Å². The van der Waals surface area contributed by atoms with Crippen molar-refractivity contribution in [1.29, 1.82) is 5.26 Å². The fourth-order valence-corrected chi connectivity index (χ4v) is 1.37. The van der Waals surface area contributed by atoms with E-state index in [1.807, 2.05) is 18.2 Å². The van der Waals surface area contributed by atoms with Crippen LogP contribution < -0.4 is 11.1 Å². The van der Waals surface area contributed by atoms with Crippen LogP contribution in [0.5, 0.6) is 0 Å². The Morgan fingerprint density at radius 3 is 2.88 bits per heavy atom. The normalized spacial score (nSPS) is 9.69. The Hall–Kier alpha value is -2.41. The lowest BCUT2D eigenvalue weighted by atomic mass is 10.2. The summed E-state index contributed by atoms with van der Waals surface area (Å²) < 4.78 is 4.96. The van der Waals surface area contributed by atoms with E-state index in [2.05, 4.69) is 5.32 Å². The van der Waals surface area contributed by atoms with Gasteiger partial charge in [-0.3, -0.25) is 0 Å². The van der Waals surface area contributed by atoms with Crippen molar-refractivity contribution in [3.63, 3.8) is 0 Å². The predicted octanol–water partition coefficient (Wildman–Crippen LogP) is 2.35. The van der Waals surface area contributed by atoms with E-state index in [1.54, 1.807) is 24.7 Å². The Kier molecular flexibility index (Phi) is 2.79. The highest BCUT2D eigenvalue weighted by atomic mass is 16.3. The molecule has 0 saturated carbocycles. The number of hydrogen-bond donors (Lipinski definition) is 2. The third-order valence-corrected chi connectivity index (χ3v) is 2.25. The summed E-state index contributed by atoms with van der Waals surface area (Å²) in [7, 11) is 0. The van der Waals surface area contributed by atoms with Gasteiger partial charge < -0.3 is 15.5 Å². The van der Waals surface area contributed by atoms with Crippen LogP contribution in [0, 0.1) is 11.3 Å². The number of nitrogens with one attached hydrogen (secondary N) is 1. The Balaban J connectivity index is 2.06. The minimum Gasteiger partial charge on any atom is -0.472 e. The highest BCUT2D eigenvalue weighted by Gasteiger charge is 2.00. The first-order chi connectivity index (χ1) is 7.79. The molecule has 1 aromatic heterocycles. The molecule has 0 fully saturated rings. The fraction of sp³-hybridized carbons (Fsp3) is 0.0833. The van der Waals surface area contributed by atoms with Crippen molar-refractivity contribution in [2.24, 2.45) is 0 Å². The molecule has 0 aliphatic rings. The average Bonchev–Trinajstić information content (AvgIpc) is 2.79. The molecular weight excluding hydrogens is 202 g/mol. The molecule has 80 valence electrons. The molecule has 0 saturated heterocycles. The Morgan fingerprint density at radius 1 is 1.38 bits per heavy atom. The van der Waals surface area contributed by atoms with Gasteiger partial charge in [0.2, 0.25) is 0 Å². The lowest BCUT2D eigenvalue weighted by molar-refractivity contribution is 0.564. The van der Waals surface area contributed by atoms with Crippen molar-refractivity contribution < 1.29 is 4.42 Å². The van der Waals surface area contributed by atoms with Crippen molar-refractivity contribution in [3.05, 3.63) is 47.9 Å². The number of benzene rings is 1. The molecule has 0 unspecified atom stereocenters. The van der Waals surface area contributed by atoms with Gasteiger partial charge in [-0.25, -0.2) is 0 Å². The molecular formula is C12H11N3O. The van der Waals surface area contributed by atoms with E-state index in [4.69, 9.17) is 15.4 Å². The van der Waals surface area contributed by atoms with Crippen LogP contribution in [0.15, 0.2) is 41.2 Å². The number of nitrogens with two attached hydrogens (primary N) is 1. The Bertz CT molecular complexity index is 512. The molecule has 3 N–H and O–H groups in total. The smallest absolute Gasteiger partial charge is 0.101 e. The third-order valence-electron chi connectivity index (χ3n) is 2.25. The first kappa shape index (κ1) is 10.1. The Morgan fingerprint density at radius 2 is 2.25 bits per heavy atom. The van der Waals surface area contributed by atoms with Gasteiger partial charge >= 0.3 is 0 Å². The van der Waals surface area contributed by atoms with Gasteiger partial charge in [0.05, 0.1) is 23.8 Å². The molecule has 16 heavy (non-hydrogen) atoms. The minimum absolute atomic E-state index is 0.486. The molecule has 2 aromatic rings. The quantitative estimate of drug-likeness (QED) is 0.767. The topological polar surface area (TPSA) is 75.0 Å². The van der Waals surface area contributed by atoms with Crippen molar-refractivity contribution in [2.75, 3.05) is 11.1 Å². The zero-order valence-corrected chi connectivity index (χ0v) is 8.60. The molecule has 0 aliphatic carbocycles. The van der Waals surface area contributed by atoms with E-state index in [9.17, 15) is 0 Å². The first-order valence-electron chi connectivity index (χ1n) is 4.84. The number of nitrogens with zero attached hydrogens (tertiary/aromatic N) is 1. The largest absolute Gasteiger partial charge is 0.472 e. The van der Waals surface area contributed by atoms with Crippen LogP contribution in [-0.4, -0.2) is 0 Å². The number of nitriles is 1. The number of hydrogen-bond acceptors (Lipinski definition) is 4. The van der Waals surface area contributed by atoms with Crippen molar-refractivity contribution in [1.82, 2.24) is 0 Å². The zero-order chi connectivity index (χ0) is 11.4. The van der Waals surface area contributed by atoms with Gasteiger partial charge in [0, 0.05) is 17.8 Å². The average molecular weight is 213 g/mol. The van der Waals surface area contributed by atoms with E-state index in [0.717, 1.165) is 11.3 Å². The van der Waals surface area contributed by atoms with Crippen LogP contribution in [0.3, 0.4) is 0 Å². The van der Waals surface area contributed by atoms with Crippen molar-refractivity contribution >= 4 is 11.4 Å². The monoisotopic (exact) mass is 213 g/mol. The van der Waals surface area contributed by atoms with Gasteiger partial charge in [0.15, 0.2) is 0 Å². The van der Waals surface area contributed by atoms with Crippen LogP contribution in [0.1, 0.15) is 11.1 Å². The number of nitrogen functional groups attached to an aromatic ring is 1. The van der Waals surface area contributed by atoms with Gasteiger partial charge in [-0.2, -0.15) is 5.26 Å². The summed E-state index contributed by atoms with van der Waals surface area (Å²) >= 11 is 0. The molecule has 0 aliphatic heterocycles. The van der Waals surface area contributed by atoms with Gasteiger partial charge in [-0.1, -0.05) is 0 Å². The van der Waals surface area contributed by atoms with E-state index in [-0.39, 0.29) is 0 Å². The molecule has 1 heterocycles. The second-order valence-electron chi connectivity index (χ2n) is 3.40. The van der Waals surface area contributed by atoms with Crippen molar-refractivity contribution in [2.45, 2.75) is 6.54 Å². The zero-order valence-electron chi connectivity index (χ0n) is 8.60. The summed E-state index contributed by atoms with van der Waals surface area (Å²) in [6, 6.07) is 9.19. The van der Waals surface area contributed by atoms with Gasteiger partial charge in [0.25, 0.3) is 0 Å². The number of anilines is 2. The van der Waals surface area contributed by atoms with E-state index in [1.165, 1.54) is 0 Å². The van der Waals surface area contributed by atoms with Crippen LogP contribution >= 0.6 is 0 Å². The third kappa shape index (κ3) is 2.15. The predicted molar refractivity (Wildman–Crippen MR) is 61.6 cm³/mol. The number of rotatable bonds is 3. The van der Waals surface area contributed by atoms with Crippen LogP contribution in [-0.2, 0) is 6.54 Å². The summed E-state index contributed by atoms with van der Waals surface area (Å²) in [6.07, 6.45) is 3.31. The Labute approximate surface area is 93.3 Å². The van der Waals surface area contributed by atoms with Gasteiger partial charge in [-0.15, -0.1) is 0 Å². The van der Waals surface area contributed by atoms with Gasteiger partial charge in [0.1, 0.15) is 6.07 Å². The fourth-order valence-electron chi connectivity index (χ4n) is 1.37. The van der Waals surface area contributed by atoms with E-state index in [0.29, 0.717) is 17.8 Å². The molecule has 0 amide bonds. The molecule has 0 spiro atoms. The summed E-state index contributed by atoms with van der Waals surface area (Å²) in [6.45, 7) is 0.668. The standard InChI is InChI=1S/C12H11N3O/c13-6-10-1-2-11(5-12(10)14)15-7-9-3-4-16-8-9/h1-5,8,15H,7,14H2. The molecule has 1 aromatic carbocycles. The minimum atomic E-state index is 0.486. The highest BCUT2D eigenvalue weighted by Crippen LogP contribution is 2.17. The molecule has 0 bridgehead atoms. The van der Waals surface area contributed by atoms with E-state index >= 15 is 0 Å². The SMILES string of the molecule is N#Cc1ccc(NCc2ccoc2)cc1N. The lowest BCUT2D eigenvalue weighted by Gasteiger charge is -2.06. The summed E-state index contributed by atoms with van der Waals surface area (Å²) in [5, 5.41) is 11.9. The van der Waals surface area contributed by atoms with Crippen LogP contribution in [0.25, 0.3) is 0 Å². The molecule has 2 rings (SSSR count). The molecule has 4 heteroatoms. The summed E-state index contributed by atoms with van der Waals surface area (Å²) in [4.78, 5) is 0. The maximum atomic E-state index is 8.73. The maximum absolute atomic E-state index is 8.73. The van der Waals surface area contributed by atoms with Crippen LogP contribution in [0.4, 0.5) is 11.4 Å². The maximum Gasteiger partial charge on any atom is 0.101 e. The second-order valence-corrected chi connectivity index (χ2v) is 3.40. The molecule has 0 radical (unpaired) electrons. The molecule has 0 atom stereocenters. The summed E-state index contributed by atoms with van der Waals surface area (Å²) in [5.74, 6) is 0. The highest BCUT2D eigenvalue weighted by molar-refractivity contribution is 5.62. The first-order valence-corrected chi connectivity index (χ1v) is 4.84. The number of furan rings is 1. The van der Waals surface area contributed by atoms with E-state index < -0.39 is 0 Å². The molecule has 4 nitrogen and oxygen atoms in total.